The normalized spacial score (nSPS) is 10.2. The van der Waals surface area contributed by atoms with Gasteiger partial charge in [0, 0.05) is 17.8 Å². The average molecular weight is 283 g/mol. The molecule has 5 heteroatoms. The van der Waals surface area contributed by atoms with Crippen molar-refractivity contribution in [2.75, 3.05) is 13.7 Å². The van der Waals surface area contributed by atoms with Crippen LogP contribution in [0.15, 0.2) is 12.1 Å². The molecule has 1 rings (SSSR count). The number of amides is 1. The summed E-state index contributed by atoms with van der Waals surface area (Å²) in [4.78, 5) is 24.7. The quantitative estimate of drug-likeness (QED) is 0.589. The van der Waals surface area contributed by atoms with Crippen LogP contribution in [0.4, 0.5) is 0 Å². The van der Waals surface area contributed by atoms with Crippen molar-refractivity contribution in [1.82, 2.24) is 5.32 Å². The Balaban J connectivity index is 2.12. The molecule has 0 aliphatic carbocycles. The number of esters is 1. The third kappa shape index (κ3) is 5.87. The molecule has 0 aromatic carbocycles. The standard InChI is InChI=1S/C14H21NO3S/c1-3-11-8-9-12(19-11)14(17)15-10-6-4-5-7-13(16)18-2/h8-9H,3-7,10H2,1-2H3,(H,15,17). The summed E-state index contributed by atoms with van der Waals surface area (Å²) in [7, 11) is 1.40. The smallest absolute Gasteiger partial charge is 0.305 e. The molecule has 0 spiro atoms. The molecule has 1 amide bonds. The molecule has 0 atom stereocenters. The second-order valence-corrected chi connectivity index (χ2v) is 5.43. The number of nitrogens with one attached hydrogen (secondary N) is 1. The van der Waals surface area contributed by atoms with Crippen LogP contribution in [0.1, 0.15) is 47.2 Å². The molecule has 1 aromatic heterocycles. The van der Waals surface area contributed by atoms with Gasteiger partial charge in [-0.05, 0) is 31.4 Å². The maximum absolute atomic E-state index is 11.8. The fraction of sp³-hybridized carbons (Fsp3) is 0.571. The number of unbranched alkanes of at least 4 members (excludes halogenated alkanes) is 2. The van der Waals surface area contributed by atoms with E-state index in [9.17, 15) is 9.59 Å². The van der Waals surface area contributed by atoms with Gasteiger partial charge in [0.1, 0.15) is 0 Å². The summed E-state index contributed by atoms with van der Waals surface area (Å²) in [6.07, 6.45) is 4.02. The van der Waals surface area contributed by atoms with Gasteiger partial charge >= 0.3 is 5.97 Å². The van der Waals surface area contributed by atoms with Gasteiger partial charge < -0.3 is 10.1 Å². The van der Waals surface area contributed by atoms with E-state index in [2.05, 4.69) is 17.0 Å². The van der Waals surface area contributed by atoms with Crippen LogP contribution in [0.5, 0.6) is 0 Å². The molecule has 4 nitrogen and oxygen atoms in total. The third-order valence-corrected chi connectivity index (χ3v) is 4.03. The van der Waals surface area contributed by atoms with Gasteiger partial charge in [-0.2, -0.15) is 0 Å². The molecule has 19 heavy (non-hydrogen) atoms. The number of methoxy groups -OCH3 is 1. The summed E-state index contributed by atoms with van der Waals surface area (Å²) in [5.41, 5.74) is 0. The highest BCUT2D eigenvalue weighted by Gasteiger charge is 2.07. The molecule has 0 aliphatic rings. The van der Waals surface area contributed by atoms with Gasteiger partial charge in [0.05, 0.1) is 12.0 Å². The number of carbonyl (C=O) groups excluding carboxylic acids is 2. The van der Waals surface area contributed by atoms with Crippen LogP contribution in [-0.2, 0) is 16.0 Å². The van der Waals surface area contributed by atoms with E-state index in [1.54, 1.807) is 11.3 Å². The lowest BCUT2D eigenvalue weighted by molar-refractivity contribution is -0.140. The summed E-state index contributed by atoms with van der Waals surface area (Å²) in [5, 5.41) is 2.89. The van der Waals surface area contributed by atoms with Crippen molar-refractivity contribution < 1.29 is 14.3 Å². The first kappa shape index (κ1) is 15.7. The van der Waals surface area contributed by atoms with Gasteiger partial charge in [-0.25, -0.2) is 0 Å². The summed E-state index contributed by atoms with van der Waals surface area (Å²) in [6, 6.07) is 3.87. The van der Waals surface area contributed by atoms with E-state index in [4.69, 9.17) is 0 Å². The molecule has 0 saturated heterocycles. The van der Waals surface area contributed by atoms with Gasteiger partial charge in [-0.15, -0.1) is 11.3 Å². The first-order chi connectivity index (χ1) is 9.17. The molecule has 1 N–H and O–H groups in total. The van der Waals surface area contributed by atoms with Gasteiger partial charge in [0.15, 0.2) is 0 Å². The Hall–Kier alpha value is -1.36. The highest BCUT2D eigenvalue weighted by Crippen LogP contribution is 2.16. The van der Waals surface area contributed by atoms with E-state index in [1.807, 2.05) is 12.1 Å². The topological polar surface area (TPSA) is 55.4 Å². The predicted molar refractivity (Wildman–Crippen MR) is 76.5 cm³/mol. The van der Waals surface area contributed by atoms with E-state index < -0.39 is 0 Å². The monoisotopic (exact) mass is 283 g/mol. The average Bonchev–Trinajstić information content (AvgIpc) is 2.91. The molecule has 1 heterocycles. The van der Waals surface area contributed by atoms with E-state index >= 15 is 0 Å². The molecule has 0 radical (unpaired) electrons. The molecule has 0 saturated carbocycles. The highest BCUT2D eigenvalue weighted by molar-refractivity contribution is 7.14. The summed E-state index contributed by atoms with van der Waals surface area (Å²) >= 11 is 1.54. The minimum atomic E-state index is -0.172. The van der Waals surface area contributed by atoms with Crippen LogP contribution in [0.25, 0.3) is 0 Å². The summed E-state index contributed by atoms with van der Waals surface area (Å²) in [5.74, 6) is -0.174. The van der Waals surface area contributed by atoms with E-state index in [-0.39, 0.29) is 11.9 Å². The number of ether oxygens (including phenoxy) is 1. The first-order valence-electron chi connectivity index (χ1n) is 6.61. The van der Waals surface area contributed by atoms with E-state index in [1.165, 1.54) is 12.0 Å². The van der Waals surface area contributed by atoms with Crippen molar-refractivity contribution in [3.8, 4) is 0 Å². The van der Waals surface area contributed by atoms with Crippen molar-refractivity contribution in [2.45, 2.75) is 39.0 Å². The second-order valence-electron chi connectivity index (χ2n) is 4.26. The van der Waals surface area contributed by atoms with Crippen molar-refractivity contribution >= 4 is 23.2 Å². The Morgan fingerprint density at radius 3 is 2.68 bits per heavy atom. The predicted octanol–water partition coefficient (Wildman–Crippen LogP) is 2.77. The fourth-order valence-electron chi connectivity index (χ4n) is 1.65. The zero-order valence-corrected chi connectivity index (χ0v) is 12.3. The molecule has 106 valence electrons. The maximum Gasteiger partial charge on any atom is 0.305 e. The Morgan fingerprint density at radius 1 is 1.26 bits per heavy atom. The molecule has 0 bridgehead atoms. The summed E-state index contributed by atoms with van der Waals surface area (Å²) in [6.45, 7) is 2.73. The lowest BCUT2D eigenvalue weighted by Gasteiger charge is -2.03. The highest BCUT2D eigenvalue weighted by atomic mass is 32.1. The van der Waals surface area contributed by atoms with Crippen LogP contribution in [0.3, 0.4) is 0 Å². The number of carbonyl (C=O) groups is 2. The van der Waals surface area contributed by atoms with Crippen molar-refractivity contribution in [3.63, 3.8) is 0 Å². The lowest BCUT2D eigenvalue weighted by atomic mass is 10.2. The Labute approximate surface area is 118 Å². The van der Waals surface area contributed by atoms with Crippen LogP contribution in [0, 0.1) is 0 Å². The first-order valence-corrected chi connectivity index (χ1v) is 7.42. The largest absolute Gasteiger partial charge is 0.469 e. The Bertz CT molecular complexity index is 415. The van der Waals surface area contributed by atoms with Gasteiger partial charge in [0.25, 0.3) is 5.91 Å². The van der Waals surface area contributed by atoms with Crippen molar-refractivity contribution in [2.24, 2.45) is 0 Å². The molecule has 1 aromatic rings. The number of thiophene rings is 1. The SMILES string of the molecule is CCc1ccc(C(=O)NCCCCCC(=O)OC)s1. The Kier molecular flexibility index (Phi) is 7.18. The minimum Gasteiger partial charge on any atom is -0.469 e. The van der Waals surface area contributed by atoms with E-state index in [0.717, 1.165) is 30.6 Å². The Morgan fingerprint density at radius 2 is 2.05 bits per heavy atom. The molecular formula is C14H21NO3S. The van der Waals surface area contributed by atoms with Crippen molar-refractivity contribution in [3.05, 3.63) is 21.9 Å². The number of hydrogen-bond donors (Lipinski definition) is 1. The van der Waals surface area contributed by atoms with Gasteiger partial charge in [-0.1, -0.05) is 13.3 Å². The van der Waals surface area contributed by atoms with E-state index in [0.29, 0.717) is 13.0 Å². The second kappa shape index (κ2) is 8.69. The maximum atomic E-state index is 11.8. The zero-order valence-electron chi connectivity index (χ0n) is 11.5. The summed E-state index contributed by atoms with van der Waals surface area (Å²) < 4.78 is 4.56. The third-order valence-electron chi connectivity index (χ3n) is 2.80. The molecule has 0 fully saturated rings. The van der Waals surface area contributed by atoms with Crippen LogP contribution >= 0.6 is 11.3 Å². The van der Waals surface area contributed by atoms with Crippen molar-refractivity contribution in [1.29, 1.82) is 0 Å². The van der Waals surface area contributed by atoms with Crippen LogP contribution in [-0.4, -0.2) is 25.5 Å². The molecule has 0 unspecified atom stereocenters. The fourth-order valence-corrected chi connectivity index (χ4v) is 2.52. The lowest BCUT2D eigenvalue weighted by Crippen LogP contribution is -2.23. The molecule has 0 aliphatic heterocycles. The number of aryl methyl sites for hydroxylation is 1. The van der Waals surface area contributed by atoms with Crippen LogP contribution in [0.2, 0.25) is 0 Å². The zero-order chi connectivity index (χ0) is 14.1. The number of rotatable bonds is 8. The number of hydrogen-bond acceptors (Lipinski definition) is 4. The van der Waals surface area contributed by atoms with Crippen LogP contribution < -0.4 is 5.32 Å². The van der Waals surface area contributed by atoms with Gasteiger partial charge in [-0.3, -0.25) is 9.59 Å². The molecular weight excluding hydrogens is 262 g/mol. The van der Waals surface area contributed by atoms with Gasteiger partial charge in [0.2, 0.25) is 0 Å². The minimum absolute atomic E-state index is 0.00216.